The van der Waals surface area contributed by atoms with Crippen molar-refractivity contribution in [1.82, 2.24) is 52.1 Å². The van der Waals surface area contributed by atoms with Gasteiger partial charge in [-0.1, -0.05) is 46.2 Å². The van der Waals surface area contributed by atoms with Gasteiger partial charge in [0.25, 0.3) is 0 Å². The van der Waals surface area contributed by atoms with Crippen LogP contribution in [-0.4, -0.2) is 180 Å². The lowest BCUT2D eigenvalue weighted by atomic mass is 9.95. The van der Waals surface area contributed by atoms with Gasteiger partial charge in [-0.15, -0.1) is 0 Å². The summed E-state index contributed by atoms with van der Waals surface area (Å²) < 4.78 is 0. The number of phenolic OH excluding ortho intramolecular Hbond substituents is 1. The van der Waals surface area contributed by atoms with Crippen molar-refractivity contribution in [3.05, 3.63) is 48.0 Å². The first kappa shape index (κ1) is 68.9. The van der Waals surface area contributed by atoms with Crippen molar-refractivity contribution in [1.29, 1.82) is 0 Å². The van der Waals surface area contributed by atoms with E-state index in [9.17, 15) is 68.1 Å². The molecule has 1 aromatic carbocycles. The molecule has 1 aliphatic heterocycles. The minimum Gasteiger partial charge on any atom is -0.508 e. The van der Waals surface area contributed by atoms with Crippen molar-refractivity contribution in [2.45, 2.75) is 172 Å². The number of hydrogen-bond acceptors (Lipinski definition) is 16. The second-order valence-corrected chi connectivity index (χ2v) is 20.9. The highest BCUT2D eigenvalue weighted by molar-refractivity contribution is 5.98. The van der Waals surface area contributed by atoms with Crippen LogP contribution in [0.5, 0.6) is 5.75 Å². The summed E-state index contributed by atoms with van der Waals surface area (Å²) in [5.74, 6) is -12.0. The van der Waals surface area contributed by atoms with Crippen molar-refractivity contribution in [2.24, 2.45) is 39.8 Å². The Morgan fingerprint density at radius 3 is 1.89 bits per heavy atom. The van der Waals surface area contributed by atoms with Gasteiger partial charge >= 0.3 is 17.9 Å². The highest BCUT2D eigenvalue weighted by Crippen LogP contribution is 2.22. The average molecular weight is 1170 g/mol. The number of aromatic hydroxyl groups is 1. The van der Waals surface area contributed by atoms with E-state index in [4.69, 9.17) is 28.0 Å². The molecule has 460 valence electrons. The van der Waals surface area contributed by atoms with Crippen molar-refractivity contribution in [2.75, 3.05) is 19.6 Å². The van der Waals surface area contributed by atoms with Crippen LogP contribution in [0.4, 0.5) is 0 Å². The third-order valence-electron chi connectivity index (χ3n) is 13.7. The number of benzene rings is 1. The molecular weight excluding hydrogens is 1090 g/mol. The van der Waals surface area contributed by atoms with Gasteiger partial charge in [-0.25, -0.2) is 9.78 Å². The summed E-state index contributed by atoms with van der Waals surface area (Å²) in [5, 5.41) is 56.4. The van der Waals surface area contributed by atoms with E-state index in [1.807, 2.05) is 0 Å². The number of aliphatic imine (C=N–C) groups is 1. The number of nitrogens with one attached hydrogen (secondary N) is 8. The predicted octanol–water partition coefficient (Wildman–Crippen LogP) is -2.69. The van der Waals surface area contributed by atoms with Crippen LogP contribution < -0.4 is 60.2 Å². The Bertz CT molecular complexity index is 2550. The average Bonchev–Trinajstić information content (AvgIpc) is 4.33. The highest BCUT2D eigenvalue weighted by Gasteiger charge is 2.41. The van der Waals surface area contributed by atoms with E-state index < -0.39 is 145 Å². The van der Waals surface area contributed by atoms with Gasteiger partial charge < -0.3 is 90.5 Å². The van der Waals surface area contributed by atoms with Crippen LogP contribution in [0.3, 0.4) is 0 Å². The topological polar surface area (TPSA) is 501 Å². The zero-order chi connectivity index (χ0) is 61.9. The summed E-state index contributed by atoms with van der Waals surface area (Å²) in [6, 6.07) is -6.75. The van der Waals surface area contributed by atoms with Crippen LogP contribution in [0.15, 0.2) is 41.8 Å². The molecule has 1 aliphatic rings. The summed E-state index contributed by atoms with van der Waals surface area (Å²) in [6.07, 6.45) is 2.24. The molecule has 0 radical (unpaired) electrons. The smallest absolute Gasteiger partial charge is 0.326 e. The van der Waals surface area contributed by atoms with Gasteiger partial charge in [0.2, 0.25) is 47.3 Å². The molecular formula is C53H83N15O15. The number of unbranched alkanes of at least 4 members (excludes halogenated alkanes) is 1. The molecule has 3 rings (SSSR count). The molecule has 0 spiro atoms. The number of amides is 8. The van der Waals surface area contributed by atoms with Crippen molar-refractivity contribution < 1.29 is 73.2 Å². The number of carbonyl (C=O) groups is 11. The molecule has 1 saturated heterocycles. The highest BCUT2D eigenvalue weighted by atomic mass is 16.4. The Hall–Kier alpha value is -8.41. The minimum atomic E-state index is -1.63. The van der Waals surface area contributed by atoms with Gasteiger partial charge in [0.1, 0.15) is 54.1 Å². The number of aromatic nitrogens is 2. The molecule has 0 aliphatic carbocycles. The van der Waals surface area contributed by atoms with E-state index in [1.165, 1.54) is 41.7 Å². The second-order valence-electron chi connectivity index (χ2n) is 20.9. The van der Waals surface area contributed by atoms with E-state index in [1.54, 1.807) is 27.7 Å². The van der Waals surface area contributed by atoms with E-state index in [0.29, 0.717) is 36.9 Å². The number of H-pyrrole nitrogens is 1. The Morgan fingerprint density at radius 2 is 1.30 bits per heavy atom. The van der Waals surface area contributed by atoms with Crippen LogP contribution in [-0.2, 0) is 65.6 Å². The monoisotopic (exact) mass is 1170 g/mol. The van der Waals surface area contributed by atoms with Gasteiger partial charge in [0, 0.05) is 44.2 Å². The molecule has 10 atom stereocenters. The molecule has 1 aromatic heterocycles. The number of hydrogen-bond donors (Lipinski definition) is 16. The van der Waals surface area contributed by atoms with Gasteiger partial charge in [0.05, 0.1) is 18.8 Å². The maximum absolute atomic E-state index is 14.7. The number of aliphatic carboxylic acids is 3. The van der Waals surface area contributed by atoms with Crippen molar-refractivity contribution >= 4 is 71.1 Å². The molecule has 1 fully saturated rings. The maximum Gasteiger partial charge on any atom is 0.326 e. The first-order valence-corrected chi connectivity index (χ1v) is 27.6. The number of rotatable bonds is 37. The number of likely N-dealkylation sites (tertiary alicyclic amines) is 1. The fraction of sp³-hybridized carbons (Fsp3) is 0.604. The third-order valence-corrected chi connectivity index (χ3v) is 13.7. The van der Waals surface area contributed by atoms with E-state index in [-0.39, 0.29) is 82.2 Å². The van der Waals surface area contributed by atoms with Crippen LogP contribution in [0.25, 0.3) is 0 Å². The normalized spacial score (nSPS) is 16.2. The summed E-state index contributed by atoms with van der Waals surface area (Å²) in [4.78, 5) is 160. The van der Waals surface area contributed by atoms with Gasteiger partial charge in [0.15, 0.2) is 5.96 Å². The SMILES string of the molecule is CC[C@H](C)[C@H](NC(=O)[C@H](Cc1ccc(O)cc1)NC(=O)[C@@H]1CCCN1C(=O)[C@H](CCCN=C(N)N)NC(=O)[C@H](CCCCN)NC(=O)[C@@H](N)CC(=O)O)C(=O)N[C@@H](CC(C)C)C(=O)N[C@@H](Cc1cnc[nH]1)C(=O)N[C@@H](CCC(=O)O)C(=O)O. The lowest BCUT2D eigenvalue weighted by Gasteiger charge is -2.32. The van der Waals surface area contributed by atoms with Crippen molar-refractivity contribution in [3.63, 3.8) is 0 Å². The van der Waals surface area contributed by atoms with Crippen LogP contribution in [0.1, 0.15) is 116 Å². The maximum atomic E-state index is 14.7. The Labute approximate surface area is 480 Å². The molecule has 0 unspecified atom stereocenters. The quantitative estimate of drug-likeness (QED) is 0.0186. The summed E-state index contributed by atoms with van der Waals surface area (Å²) in [5.41, 5.74) is 23.3. The van der Waals surface area contributed by atoms with Gasteiger partial charge in [-0.3, -0.25) is 52.9 Å². The van der Waals surface area contributed by atoms with E-state index >= 15 is 0 Å². The Kier molecular flexibility index (Phi) is 28.9. The number of nitrogens with two attached hydrogens (primary N) is 4. The summed E-state index contributed by atoms with van der Waals surface area (Å²) >= 11 is 0. The number of phenols is 1. The standard InChI is InChI=1S/C53H83N15O15/c1-5-29(4)43(50(80)66-37(22-28(2)3)46(76)64-39(24-31-26-58-27-60-31)47(77)63-36(52(82)83)17-18-41(70)71)67-48(78)38(23-30-13-15-32(69)16-14-30)65-49(79)40-12-9-21-68(40)51(81)35(11-8-20-59-53(56)57)62-45(75)34(10-6-7-19-54)61-44(74)33(55)25-42(72)73/h13-16,26-29,33-40,43,69H,5-12,17-25,54-55H2,1-4H3,(H,58,60)(H,61,74)(H,62,75)(H,63,77)(H,64,76)(H,65,79)(H,66,80)(H,67,78)(H,70,71)(H,72,73)(H,82,83)(H4,56,57,59)/t29-,33-,34-,35-,36-,37-,38-,39-,40-,43-/m0/s1. The van der Waals surface area contributed by atoms with E-state index in [2.05, 4.69) is 52.2 Å². The number of carboxylic acids is 3. The molecule has 30 heteroatoms. The lowest BCUT2D eigenvalue weighted by Crippen LogP contribution is -2.61. The number of imidazole rings is 1. The van der Waals surface area contributed by atoms with Gasteiger partial charge in [-0.2, -0.15) is 0 Å². The number of nitrogens with zero attached hydrogens (tertiary/aromatic N) is 3. The third kappa shape index (κ3) is 23.9. The molecule has 30 nitrogen and oxygen atoms in total. The van der Waals surface area contributed by atoms with Gasteiger partial charge in [-0.05, 0) is 93.9 Å². The lowest BCUT2D eigenvalue weighted by molar-refractivity contribution is -0.143. The second kappa shape index (κ2) is 34.8. The Morgan fingerprint density at radius 1 is 0.711 bits per heavy atom. The molecule has 0 saturated carbocycles. The number of guanidine groups is 1. The van der Waals surface area contributed by atoms with E-state index in [0.717, 1.165) is 0 Å². The predicted molar refractivity (Wildman–Crippen MR) is 299 cm³/mol. The minimum absolute atomic E-state index is 0.0136. The fourth-order valence-electron chi connectivity index (χ4n) is 9.02. The number of carbonyl (C=O) groups excluding carboxylic acids is 8. The fourth-order valence-corrected chi connectivity index (χ4v) is 9.02. The number of aromatic amines is 1. The van der Waals surface area contributed by atoms with Crippen LogP contribution in [0, 0.1) is 11.8 Å². The summed E-state index contributed by atoms with van der Waals surface area (Å²) in [6.45, 7) is 7.30. The number of carboxylic acid groups (broad SMARTS) is 3. The molecule has 2 aromatic rings. The molecule has 0 bridgehead atoms. The molecule has 2 heterocycles. The van der Waals surface area contributed by atoms with Crippen LogP contribution >= 0.6 is 0 Å². The van der Waals surface area contributed by atoms with Crippen molar-refractivity contribution in [3.8, 4) is 5.75 Å². The zero-order valence-corrected chi connectivity index (χ0v) is 47.3. The largest absolute Gasteiger partial charge is 0.508 e. The van der Waals surface area contributed by atoms with Crippen LogP contribution in [0.2, 0.25) is 0 Å². The first-order chi connectivity index (χ1) is 39.2. The summed E-state index contributed by atoms with van der Waals surface area (Å²) in [7, 11) is 0. The zero-order valence-electron chi connectivity index (χ0n) is 47.3. The first-order valence-electron chi connectivity index (χ1n) is 27.6. The molecule has 8 amide bonds. The molecule has 83 heavy (non-hydrogen) atoms. The Balaban J connectivity index is 1.96. The molecule has 20 N–H and O–H groups in total.